The quantitative estimate of drug-likeness (QED) is 0.847. The second kappa shape index (κ2) is 6.83. The standard InChI is InChI=1S/C14H18FN5O/c1-9(2)21-14-19-12(16)18-13(20-14)17-8-7-10-5-3-4-6-11(10)15/h3-6,9H,7-8H2,1-2H3,(H3,16,17,18,19,20). The van der Waals surface area contributed by atoms with Crippen molar-refractivity contribution in [2.75, 3.05) is 17.6 Å². The second-order valence-corrected chi connectivity index (χ2v) is 4.73. The van der Waals surface area contributed by atoms with E-state index in [4.69, 9.17) is 10.5 Å². The second-order valence-electron chi connectivity index (χ2n) is 4.73. The fraction of sp³-hybridized carbons (Fsp3) is 0.357. The van der Waals surface area contributed by atoms with Crippen LogP contribution in [-0.2, 0) is 6.42 Å². The van der Waals surface area contributed by atoms with Gasteiger partial charge in [0.25, 0.3) is 0 Å². The summed E-state index contributed by atoms with van der Waals surface area (Å²) in [6.07, 6.45) is 0.455. The van der Waals surface area contributed by atoms with Crippen molar-refractivity contribution in [3.05, 3.63) is 35.6 Å². The minimum Gasteiger partial charge on any atom is -0.461 e. The fourth-order valence-electron chi connectivity index (χ4n) is 1.72. The summed E-state index contributed by atoms with van der Waals surface area (Å²) in [6, 6.07) is 6.81. The van der Waals surface area contributed by atoms with Crippen LogP contribution in [0, 0.1) is 5.82 Å². The van der Waals surface area contributed by atoms with Crippen molar-refractivity contribution < 1.29 is 9.13 Å². The molecule has 21 heavy (non-hydrogen) atoms. The third kappa shape index (κ3) is 4.55. The SMILES string of the molecule is CC(C)Oc1nc(N)nc(NCCc2ccccc2F)n1. The molecule has 1 aromatic heterocycles. The number of hydrogen-bond acceptors (Lipinski definition) is 6. The molecule has 2 aromatic rings. The molecule has 112 valence electrons. The van der Waals surface area contributed by atoms with Gasteiger partial charge in [0.1, 0.15) is 5.82 Å². The number of nitrogen functional groups attached to an aromatic ring is 1. The van der Waals surface area contributed by atoms with Crippen LogP contribution in [0.25, 0.3) is 0 Å². The van der Waals surface area contributed by atoms with Crippen LogP contribution >= 0.6 is 0 Å². The van der Waals surface area contributed by atoms with Crippen LogP contribution < -0.4 is 15.8 Å². The first-order valence-electron chi connectivity index (χ1n) is 6.70. The number of hydrogen-bond donors (Lipinski definition) is 2. The molecule has 0 saturated carbocycles. The molecule has 0 spiro atoms. The summed E-state index contributed by atoms with van der Waals surface area (Å²) in [4.78, 5) is 12.0. The highest BCUT2D eigenvalue weighted by Crippen LogP contribution is 2.11. The Morgan fingerprint density at radius 2 is 2.00 bits per heavy atom. The van der Waals surface area contributed by atoms with Gasteiger partial charge in [-0.3, -0.25) is 0 Å². The maximum absolute atomic E-state index is 13.5. The third-order valence-corrected chi connectivity index (χ3v) is 2.61. The molecule has 7 heteroatoms. The van der Waals surface area contributed by atoms with Crippen LogP contribution in [0.3, 0.4) is 0 Å². The van der Waals surface area contributed by atoms with E-state index >= 15 is 0 Å². The van der Waals surface area contributed by atoms with Gasteiger partial charge in [0, 0.05) is 6.54 Å². The molecule has 0 fully saturated rings. The zero-order chi connectivity index (χ0) is 15.2. The van der Waals surface area contributed by atoms with Gasteiger partial charge in [-0.2, -0.15) is 15.0 Å². The molecule has 0 aliphatic carbocycles. The van der Waals surface area contributed by atoms with E-state index < -0.39 is 0 Å². The third-order valence-electron chi connectivity index (χ3n) is 2.61. The molecule has 0 saturated heterocycles. The lowest BCUT2D eigenvalue weighted by atomic mass is 10.1. The van der Waals surface area contributed by atoms with Crippen molar-refractivity contribution in [3.63, 3.8) is 0 Å². The molecule has 0 aliphatic heterocycles. The maximum Gasteiger partial charge on any atom is 0.323 e. The molecule has 0 radical (unpaired) electrons. The normalized spacial score (nSPS) is 10.7. The average Bonchev–Trinajstić information content (AvgIpc) is 2.39. The van der Waals surface area contributed by atoms with Gasteiger partial charge in [0.05, 0.1) is 6.10 Å². The molecule has 0 unspecified atom stereocenters. The minimum absolute atomic E-state index is 0.0573. The Morgan fingerprint density at radius 3 is 2.71 bits per heavy atom. The summed E-state index contributed by atoms with van der Waals surface area (Å²) < 4.78 is 18.9. The van der Waals surface area contributed by atoms with Crippen molar-refractivity contribution in [2.45, 2.75) is 26.4 Å². The van der Waals surface area contributed by atoms with E-state index in [9.17, 15) is 4.39 Å². The van der Waals surface area contributed by atoms with Gasteiger partial charge in [-0.15, -0.1) is 0 Å². The van der Waals surface area contributed by atoms with E-state index in [1.807, 2.05) is 13.8 Å². The fourth-order valence-corrected chi connectivity index (χ4v) is 1.72. The van der Waals surface area contributed by atoms with Crippen LogP contribution in [0.1, 0.15) is 19.4 Å². The first-order valence-corrected chi connectivity index (χ1v) is 6.70. The first-order chi connectivity index (χ1) is 10.0. The van der Waals surface area contributed by atoms with Crippen LogP contribution in [-0.4, -0.2) is 27.6 Å². The first kappa shape index (κ1) is 15.0. The van der Waals surface area contributed by atoms with E-state index in [1.165, 1.54) is 6.07 Å². The molecule has 0 amide bonds. The highest BCUT2D eigenvalue weighted by Gasteiger charge is 2.07. The Kier molecular flexibility index (Phi) is 4.86. The van der Waals surface area contributed by atoms with Gasteiger partial charge in [0.15, 0.2) is 0 Å². The number of nitrogens with zero attached hydrogens (tertiary/aromatic N) is 3. The number of anilines is 2. The van der Waals surface area contributed by atoms with Crippen molar-refractivity contribution in [3.8, 4) is 6.01 Å². The van der Waals surface area contributed by atoms with Crippen molar-refractivity contribution in [2.24, 2.45) is 0 Å². The lowest BCUT2D eigenvalue weighted by Crippen LogP contribution is -2.14. The lowest BCUT2D eigenvalue weighted by Gasteiger charge is -2.10. The molecule has 1 aromatic carbocycles. The lowest BCUT2D eigenvalue weighted by molar-refractivity contribution is 0.222. The van der Waals surface area contributed by atoms with Crippen LogP contribution in [0.2, 0.25) is 0 Å². The molecule has 1 heterocycles. The topological polar surface area (TPSA) is 86.0 Å². The number of nitrogens with one attached hydrogen (secondary N) is 1. The number of benzene rings is 1. The highest BCUT2D eigenvalue weighted by molar-refractivity contribution is 5.33. The number of rotatable bonds is 6. The maximum atomic E-state index is 13.5. The summed E-state index contributed by atoms with van der Waals surface area (Å²) >= 11 is 0. The Labute approximate surface area is 122 Å². The molecular formula is C14H18FN5O. The van der Waals surface area contributed by atoms with Crippen LogP contribution in [0.5, 0.6) is 6.01 Å². The Balaban J connectivity index is 1.97. The minimum atomic E-state index is -0.224. The Bertz CT molecular complexity index is 606. The summed E-state index contributed by atoms with van der Waals surface area (Å²) in [6.45, 7) is 4.21. The molecule has 0 bridgehead atoms. The van der Waals surface area contributed by atoms with Gasteiger partial charge in [-0.05, 0) is 31.9 Å². The van der Waals surface area contributed by atoms with E-state index in [-0.39, 0.29) is 23.9 Å². The Hall–Kier alpha value is -2.44. The molecule has 0 aliphatic rings. The van der Waals surface area contributed by atoms with Crippen molar-refractivity contribution >= 4 is 11.9 Å². The number of halogens is 1. The molecule has 6 nitrogen and oxygen atoms in total. The number of nitrogens with two attached hydrogens (primary N) is 1. The molecular weight excluding hydrogens is 273 g/mol. The smallest absolute Gasteiger partial charge is 0.323 e. The van der Waals surface area contributed by atoms with Gasteiger partial charge >= 0.3 is 6.01 Å². The molecule has 3 N–H and O–H groups in total. The summed E-state index contributed by atoms with van der Waals surface area (Å²) in [5.74, 6) is 0.168. The summed E-state index contributed by atoms with van der Waals surface area (Å²) in [5.41, 5.74) is 6.23. The predicted molar refractivity (Wildman–Crippen MR) is 78.6 cm³/mol. The molecule has 0 atom stereocenters. The van der Waals surface area contributed by atoms with Crippen LogP contribution in [0.4, 0.5) is 16.3 Å². The van der Waals surface area contributed by atoms with Crippen molar-refractivity contribution in [1.82, 2.24) is 15.0 Å². The molecule has 2 rings (SSSR count). The van der Waals surface area contributed by atoms with Crippen LogP contribution in [0.15, 0.2) is 24.3 Å². The van der Waals surface area contributed by atoms with E-state index in [0.717, 1.165) is 0 Å². The zero-order valence-corrected chi connectivity index (χ0v) is 12.0. The van der Waals surface area contributed by atoms with Gasteiger partial charge in [-0.25, -0.2) is 4.39 Å². The van der Waals surface area contributed by atoms with E-state index in [0.29, 0.717) is 24.5 Å². The van der Waals surface area contributed by atoms with Crippen molar-refractivity contribution in [1.29, 1.82) is 0 Å². The largest absolute Gasteiger partial charge is 0.461 e. The number of ether oxygens (including phenoxy) is 1. The monoisotopic (exact) mass is 291 g/mol. The zero-order valence-electron chi connectivity index (χ0n) is 12.0. The van der Waals surface area contributed by atoms with E-state index in [2.05, 4.69) is 20.3 Å². The van der Waals surface area contributed by atoms with Gasteiger partial charge in [0.2, 0.25) is 11.9 Å². The summed E-state index contributed by atoms with van der Waals surface area (Å²) in [7, 11) is 0. The average molecular weight is 291 g/mol. The highest BCUT2D eigenvalue weighted by atomic mass is 19.1. The summed E-state index contributed by atoms with van der Waals surface area (Å²) in [5, 5.41) is 2.99. The van der Waals surface area contributed by atoms with Gasteiger partial charge < -0.3 is 15.8 Å². The number of aromatic nitrogens is 3. The van der Waals surface area contributed by atoms with E-state index in [1.54, 1.807) is 18.2 Å². The van der Waals surface area contributed by atoms with Gasteiger partial charge in [-0.1, -0.05) is 18.2 Å². The predicted octanol–water partition coefficient (Wildman–Crippen LogP) is 2.03. The Morgan fingerprint density at radius 1 is 1.24 bits per heavy atom.